The maximum Gasteiger partial charge on any atom is 0.339 e. The molecular formula is C15H16O4. The lowest BCUT2D eigenvalue weighted by Crippen LogP contribution is -2.20. The van der Waals surface area contributed by atoms with Crippen LogP contribution in [0.3, 0.4) is 0 Å². The first-order valence-corrected chi connectivity index (χ1v) is 6.11. The Morgan fingerprint density at radius 3 is 2.58 bits per heavy atom. The number of hydrogen-bond donors (Lipinski definition) is 0. The molecule has 0 radical (unpaired) electrons. The number of rotatable bonds is 3. The van der Waals surface area contributed by atoms with E-state index >= 15 is 0 Å². The van der Waals surface area contributed by atoms with Gasteiger partial charge in [-0.2, -0.15) is 0 Å². The van der Waals surface area contributed by atoms with Crippen LogP contribution < -0.4 is 10.4 Å². The van der Waals surface area contributed by atoms with E-state index in [0.29, 0.717) is 16.9 Å². The van der Waals surface area contributed by atoms with Crippen molar-refractivity contribution in [3.05, 3.63) is 39.7 Å². The molecule has 1 heterocycles. The van der Waals surface area contributed by atoms with Crippen molar-refractivity contribution in [3.8, 4) is 5.75 Å². The minimum Gasteiger partial charge on any atom is -0.483 e. The van der Waals surface area contributed by atoms with Crippen LogP contribution in [-0.4, -0.2) is 11.9 Å². The molecule has 0 N–H and O–H groups in total. The second kappa shape index (κ2) is 4.88. The van der Waals surface area contributed by atoms with Crippen molar-refractivity contribution in [2.45, 2.75) is 33.8 Å². The number of Topliss-reactive ketones (excluding diaryl/α,β-unsaturated/α-hetero) is 1. The summed E-state index contributed by atoms with van der Waals surface area (Å²) in [4.78, 5) is 22.8. The molecule has 0 aliphatic heterocycles. The first kappa shape index (κ1) is 13.3. The monoisotopic (exact) mass is 260 g/mol. The third-order valence-corrected chi connectivity index (χ3v) is 3.31. The Labute approximate surface area is 111 Å². The van der Waals surface area contributed by atoms with E-state index in [-0.39, 0.29) is 11.4 Å². The first-order valence-electron chi connectivity index (χ1n) is 6.11. The second-order valence-corrected chi connectivity index (χ2v) is 4.67. The van der Waals surface area contributed by atoms with Crippen LogP contribution in [0.5, 0.6) is 5.75 Å². The van der Waals surface area contributed by atoms with Crippen molar-refractivity contribution in [1.29, 1.82) is 0 Å². The molecule has 0 aliphatic carbocycles. The largest absolute Gasteiger partial charge is 0.483 e. The Hall–Kier alpha value is -2.10. The Kier molecular flexibility index (Phi) is 3.42. The van der Waals surface area contributed by atoms with Gasteiger partial charge in [0.1, 0.15) is 11.3 Å². The lowest BCUT2D eigenvalue weighted by molar-refractivity contribution is -0.122. The van der Waals surface area contributed by atoms with Crippen molar-refractivity contribution in [3.63, 3.8) is 0 Å². The summed E-state index contributed by atoms with van der Waals surface area (Å²) in [6.45, 7) is 6.78. The molecule has 2 aromatic rings. The molecule has 0 bridgehead atoms. The Morgan fingerprint density at radius 2 is 1.95 bits per heavy atom. The number of hydrogen-bond acceptors (Lipinski definition) is 4. The summed E-state index contributed by atoms with van der Waals surface area (Å²) < 4.78 is 10.7. The molecule has 0 saturated heterocycles. The third kappa shape index (κ3) is 2.52. The van der Waals surface area contributed by atoms with E-state index in [1.807, 2.05) is 13.0 Å². The van der Waals surface area contributed by atoms with E-state index in [1.165, 1.54) is 6.92 Å². The number of carbonyl (C=O) groups excluding carboxylic acids is 1. The van der Waals surface area contributed by atoms with Gasteiger partial charge in [-0.15, -0.1) is 0 Å². The van der Waals surface area contributed by atoms with Gasteiger partial charge in [0.25, 0.3) is 0 Å². The van der Waals surface area contributed by atoms with Gasteiger partial charge in [-0.05, 0) is 45.4 Å². The van der Waals surface area contributed by atoms with Gasteiger partial charge in [-0.3, -0.25) is 4.79 Å². The van der Waals surface area contributed by atoms with Crippen molar-refractivity contribution < 1.29 is 13.9 Å². The van der Waals surface area contributed by atoms with E-state index in [2.05, 4.69) is 0 Å². The zero-order chi connectivity index (χ0) is 14.2. The molecule has 0 amide bonds. The fraction of sp³-hybridized carbons (Fsp3) is 0.333. The minimum atomic E-state index is -0.518. The fourth-order valence-corrected chi connectivity index (χ4v) is 1.79. The predicted molar refractivity (Wildman–Crippen MR) is 72.7 cm³/mol. The number of benzene rings is 1. The fourth-order valence-electron chi connectivity index (χ4n) is 1.79. The molecular weight excluding hydrogens is 244 g/mol. The van der Waals surface area contributed by atoms with Gasteiger partial charge in [0.15, 0.2) is 11.9 Å². The topological polar surface area (TPSA) is 56.5 Å². The molecule has 2 rings (SSSR count). The Bertz CT molecular complexity index is 697. The molecule has 100 valence electrons. The molecule has 0 spiro atoms. The van der Waals surface area contributed by atoms with E-state index in [4.69, 9.17) is 9.15 Å². The van der Waals surface area contributed by atoms with Gasteiger partial charge in [-0.1, -0.05) is 0 Å². The van der Waals surface area contributed by atoms with Gasteiger partial charge in [0.05, 0.1) is 0 Å². The van der Waals surface area contributed by atoms with E-state index < -0.39 is 6.10 Å². The summed E-state index contributed by atoms with van der Waals surface area (Å²) >= 11 is 0. The van der Waals surface area contributed by atoms with Gasteiger partial charge in [0.2, 0.25) is 0 Å². The normalized spacial score (nSPS) is 12.4. The Balaban J connectivity index is 2.50. The number of ketones is 1. The summed E-state index contributed by atoms with van der Waals surface area (Å²) in [5.74, 6) is 0.461. The van der Waals surface area contributed by atoms with Gasteiger partial charge >= 0.3 is 5.63 Å². The quantitative estimate of drug-likeness (QED) is 0.796. The highest BCUT2D eigenvalue weighted by molar-refractivity contribution is 5.83. The second-order valence-electron chi connectivity index (χ2n) is 4.67. The van der Waals surface area contributed by atoms with Crippen molar-refractivity contribution in [1.82, 2.24) is 0 Å². The molecule has 4 nitrogen and oxygen atoms in total. The zero-order valence-electron chi connectivity index (χ0n) is 11.4. The van der Waals surface area contributed by atoms with Gasteiger partial charge in [0, 0.05) is 17.0 Å². The van der Waals surface area contributed by atoms with Gasteiger partial charge in [-0.25, -0.2) is 4.79 Å². The summed E-state index contributed by atoms with van der Waals surface area (Å²) in [6, 6.07) is 5.25. The number of fused-ring (bicyclic) bond motifs is 1. The standard InChI is InChI=1S/C15H16O4/c1-8-9(2)15(17)19-14-7-12(5-6-13(8)14)18-11(4)10(3)16/h5-7,11H,1-4H3/t11-/m1/s1. The van der Waals surface area contributed by atoms with Crippen molar-refractivity contribution in [2.75, 3.05) is 0 Å². The Morgan fingerprint density at radius 1 is 1.26 bits per heavy atom. The van der Waals surface area contributed by atoms with E-state index in [1.54, 1.807) is 26.0 Å². The molecule has 4 heteroatoms. The van der Waals surface area contributed by atoms with Gasteiger partial charge < -0.3 is 9.15 Å². The molecule has 19 heavy (non-hydrogen) atoms. The lowest BCUT2D eigenvalue weighted by atomic mass is 10.1. The summed E-state index contributed by atoms with van der Waals surface area (Å²) in [5.41, 5.74) is 1.64. The summed E-state index contributed by atoms with van der Waals surface area (Å²) in [5, 5.41) is 0.875. The summed E-state index contributed by atoms with van der Waals surface area (Å²) in [7, 11) is 0. The van der Waals surface area contributed by atoms with Crippen LogP contribution >= 0.6 is 0 Å². The number of ether oxygens (including phenoxy) is 1. The van der Waals surface area contributed by atoms with Crippen LogP contribution in [-0.2, 0) is 4.79 Å². The van der Waals surface area contributed by atoms with Crippen LogP contribution in [0.15, 0.2) is 27.4 Å². The zero-order valence-corrected chi connectivity index (χ0v) is 11.4. The highest BCUT2D eigenvalue weighted by atomic mass is 16.5. The maximum absolute atomic E-state index is 11.6. The van der Waals surface area contributed by atoms with Crippen LogP contribution in [0, 0.1) is 13.8 Å². The molecule has 0 unspecified atom stereocenters. The van der Waals surface area contributed by atoms with Crippen LogP contribution in [0.2, 0.25) is 0 Å². The smallest absolute Gasteiger partial charge is 0.339 e. The average Bonchev–Trinajstić information content (AvgIpc) is 2.35. The SMILES string of the molecule is CC(=O)[C@@H](C)Oc1ccc2c(C)c(C)c(=O)oc2c1. The van der Waals surface area contributed by atoms with Crippen LogP contribution in [0.4, 0.5) is 0 Å². The maximum atomic E-state index is 11.6. The number of aryl methyl sites for hydroxylation is 1. The predicted octanol–water partition coefficient (Wildman–Crippen LogP) is 2.77. The molecule has 0 saturated carbocycles. The molecule has 1 aromatic carbocycles. The molecule has 0 fully saturated rings. The molecule has 1 atom stereocenters. The van der Waals surface area contributed by atoms with Crippen molar-refractivity contribution in [2.24, 2.45) is 0 Å². The van der Waals surface area contributed by atoms with Crippen LogP contribution in [0.25, 0.3) is 11.0 Å². The third-order valence-electron chi connectivity index (χ3n) is 3.31. The van der Waals surface area contributed by atoms with Crippen LogP contribution in [0.1, 0.15) is 25.0 Å². The molecule has 1 aromatic heterocycles. The molecule has 0 aliphatic rings. The summed E-state index contributed by atoms with van der Waals surface area (Å²) in [6.07, 6.45) is -0.518. The first-order chi connectivity index (χ1) is 8.90. The lowest BCUT2D eigenvalue weighted by Gasteiger charge is -2.12. The minimum absolute atomic E-state index is 0.0540. The van der Waals surface area contributed by atoms with Crippen molar-refractivity contribution >= 4 is 16.8 Å². The highest BCUT2D eigenvalue weighted by Gasteiger charge is 2.12. The highest BCUT2D eigenvalue weighted by Crippen LogP contribution is 2.24. The van der Waals surface area contributed by atoms with E-state index in [9.17, 15) is 9.59 Å². The number of carbonyl (C=O) groups is 1. The average molecular weight is 260 g/mol. The van der Waals surface area contributed by atoms with E-state index in [0.717, 1.165) is 10.9 Å².